The van der Waals surface area contributed by atoms with Crippen LogP contribution in [0.25, 0.3) is 44.5 Å². The minimum atomic E-state index is -0.450. The Kier molecular flexibility index (Phi) is 6.63. The second-order valence-electron chi connectivity index (χ2n) is 12.7. The molecule has 2 bridgehead atoms. The van der Waals surface area contributed by atoms with E-state index in [-0.39, 0.29) is 17.9 Å². The summed E-state index contributed by atoms with van der Waals surface area (Å²) in [6, 6.07) is 16.6. The Morgan fingerprint density at radius 2 is 1.74 bits per heavy atom. The molecule has 0 radical (unpaired) electrons. The largest absolute Gasteiger partial charge is 0.365 e. The van der Waals surface area contributed by atoms with E-state index in [0.717, 1.165) is 89.2 Å². The Labute approximate surface area is 269 Å². The molecule has 7 heterocycles. The number of aromatic nitrogens is 7. The molecule has 3 fully saturated rings. The molecular formula is C35H31FN10O. The van der Waals surface area contributed by atoms with Crippen LogP contribution in [-0.2, 0) is 4.79 Å². The lowest BCUT2D eigenvalue weighted by Gasteiger charge is -2.36. The molecule has 1 amide bonds. The number of benzene rings is 2. The summed E-state index contributed by atoms with van der Waals surface area (Å²) in [4.78, 5) is 42.3. The van der Waals surface area contributed by atoms with Crippen LogP contribution in [0.1, 0.15) is 24.6 Å². The van der Waals surface area contributed by atoms with Crippen LogP contribution in [0.5, 0.6) is 0 Å². The maximum absolute atomic E-state index is 13.5. The van der Waals surface area contributed by atoms with Gasteiger partial charge in [0.25, 0.3) is 0 Å². The molecule has 1 N–H and O–H groups in total. The minimum Gasteiger partial charge on any atom is -0.365 e. The lowest BCUT2D eigenvalue weighted by Crippen LogP contribution is -2.51. The van der Waals surface area contributed by atoms with Crippen molar-refractivity contribution >= 4 is 33.4 Å². The van der Waals surface area contributed by atoms with Gasteiger partial charge < -0.3 is 9.80 Å². The molecule has 0 saturated carbocycles. The van der Waals surface area contributed by atoms with E-state index < -0.39 is 5.82 Å². The van der Waals surface area contributed by atoms with Crippen LogP contribution in [0.4, 0.5) is 10.1 Å². The molecule has 2 aromatic carbocycles. The van der Waals surface area contributed by atoms with Gasteiger partial charge in [-0.3, -0.25) is 19.8 Å². The monoisotopic (exact) mass is 626 g/mol. The summed E-state index contributed by atoms with van der Waals surface area (Å²) in [5.74, 6) is 1.26. The summed E-state index contributed by atoms with van der Waals surface area (Å²) in [6.07, 6.45) is 9.70. The first-order chi connectivity index (χ1) is 23.1. The highest BCUT2D eigenvalue weighted by molar-refractivity contribution is 6.01. The zero-order valence-electron chi connectivity index (χ0n) is 25.5. The molecule has 0 aliphatic carbocycles. The number of amides is 1. The van der Waals surface area contributed by atoms with E-state index in [1.807, 2.05) is 30.5 Å². The van der Waals surface area contributed by atoms with Gasteiger partial charge in [-0.2, -0.15) is 5.10 Å². The van der Waals surface area contributed by atoms with Crippen LogP contribution < -0.4 is 4.90 Å². The number of pyridine rings is 1. The summed E-state index contributed by atoms with van der Waals surface area (Å²) < 4.78 is 13.2. The van der Waals surface area contributed by atoms with Gasteiger partial charge in [0.15, 0.2) is 11.6 Å². The number of likely N-dealkylation sites (tertiary alicyclic amines) is 2. The van der Waals surface area contributed by atoms with Crippen molar-refractivity contribution in [3.63, 3.8) is 0 Å². The first-order valence-corrected chi connectivity index (χ1v) is 16.0. The molecule has 0 unspecified atom stereocenters. The zero-order valence-corrected chi connectivity index (χ0v) is 25.5. The fraction of sp³-hybridized carbons (Fsp3) is 0.286. The number of carbonyl (C=O) groups is 1. The Bertz CT molecular complexity index is 2100. The Balaban J connectivity index is 0.837. The summed E-state index contributed by atoms with van der Waals surface area (Å²) in [6.45, 7) is 3.60. The van der Waals surface area contributed by atoms with Gasteiger partial charge in [-0.05, 0) is 67.9 Å². The van der Waals surface area contributed by atoms with Crippen molar-refractivity contribution in [3.05, 3.63) is 91.2 Å². The van der Waals surface area contributed by atoms with Crippen molar-refractivity contribution in [2.75, 3.05) is 37.6 Å². The first-order valence-electron chi connectivity index (χ1n) is 16.0. The Morgan fingerprint density at radius 3 is 2.53 bits per heavy atom. The highest BCUT2D eigenvalue weighted by Crippen LogP contribution is 2.36. The molecule has 3 atom stereocenters. The Hall–Kier alpha value is -5.36. The average Bonchev–Trinajstić information content (AvgIpc) is 3.92. The number of halogens is 1. The van der Waals surface area contributed by atoms with Gasteiger partial charge in [0.1, 0.15) is 11.5 Å². The lowest BCUT2D eigenvalue weighted by atomic mass is 10.1. The number of anilines is 1. The van der Waals surface area contributed by atoms with Crippen LogP contribution in [-0.4, -0.2) is 95.6 Å². The number of hydrogen-bond donors (Lipinski definition) is 1. The number of nitrogens with one attached hydrogen (secondary N) is 1. The number of fused-ring (bicyclic) bond motifs is 4. The van der Waals surface area contributed by atoms with Crippen molar-refractivity contribution in [3.8, 4) is 22.6 Å². The topological polar surface area (TPSA) is 120 Å². The van der Waals surface area contributed by atoms with Gasteiger partial charge >= 0.3 is 0 Å². The van der Waals surface area contributed by atoms with Crippen molar-refractivity contribution in [1.29, 1.82) is 0 Å². The quantitative estimate of drug-likeness (QED) is 0.286. The van der Waals surface area contributed by atoms with Crippen molar-refractivity contribution < 1.29 is 9.18 Å². The smallest absolute Gasteiger partial charge is 0.237 e. The van der Waals surface area contributed by atoms with Crippen LogP contribution >= 0.6 is 0 Å². The first kappa shape index (κ1) is 27.9. The normalized spacial score (nSPS) is 21.0. The third-order valence-corrected chi connectivity index (χ3v) is 9.87. The number of hydrogen-bond acceptors (Lipinski definition) is 9. The number of piperazine rings is 1. The fourth-order valence-electron chi connectivity index (χ4n) is 7.51. The standard InChI is InChI=1S/C35H31FN10O/c36-25-15-39-34(40-16-25)22-1-3-26(4-2-22)45-18-28-12-27(45)19-46(28)32(47)20-44-10-7-23(17-44)35-38-14-24-11-31-29(13-30(24)41-35)33(43-42-31)21-5-8-37-9-6-21/h1-6,8-9,11,13-16,23,27-28H,7,10,12,17-20H2,(H,42,43)/t23-,27-,28-/m1/s1. The molecule has 47 heavy (non-hydrogen) atoms. The van der Waals surface area contributed by atoms with Crippen molar-refractivity contribution in [1.82, 2.24) is 44.9 Å². The maximum Gasteiger partial charge on any atom is 0.237 e. The van der Waals surface area contributed by atoms with Gasteiger partial charge in [-0.15, -0.1) is 0 Å². The summed E-state index contributed by atoms with van der Waals surface area (Å²) in [5.41, 5.74) is 5.68. The lowest BCUT2D eigenvalue weighted by molar-refractivity contribution is -0.133. The van der Waals surface area contributed by atoms with E-state index in [9.17, 15) is 9.18 Å². The minimum absolute atomic E-state index is 0.181. The van der Waals surface area contributed by atoms with Crippen molar-refractivity contribution in [2.45, 2.75) is 30.8 Å². The second-order valence-corrected chi connectivity index (χ2v) is 12.7. The van der Waals surface area contributed by atoms with Gasteiger partial charge in [-0.1, -0.05) is 0 Å². The molecule has 3 saturated heterocycles. The van der Waals surface area contributed by atoms with Gasteiger partial charge in [0.2, 0.25) is 5.91 Å². The van der Waals surface area contributed by atoms with Gasteiger partial charge in [0, 0.05) is 77.8 Å². The van der Waals surface area contributed by atoms with E-state index in [2.05, 4.69) is 64.1 Å². The highest BCUT2D eigenvalue weighted by Gasteiger charge is 2.45. The molecular weight excluding hydrogens is 595 g/mol. The Morgan fingerprint density at radius 1 is 0.915 bits per heavy atom. The molecule has 12 heteroatoms. The number of rotatable bonds is 6. The second kappa shape index (κ2) is 11.2. The van der Waals surface area contributed by atoms with E-state index in [1.54, 1.807) is 12.4 Å². The SMILES string of the molecule is O=C(CN1CC[C@@H](c2ncc3cc4[nH]nc(-c5ccncc5)c4cc3n2)C1)N1C[C@H]2C[C@@H]1CN2c1ccc(-c2ncc(F)cn2)cc1. The number of H-pyrrole nitrogens is 1. The van der Waals surface area contributed by atoms with E-state index in [0.29, 0.717) is 18.4 Å². The molecule has 4 aromatic heterocycles. The molecule has 234 valence electrons. The molecule has 11 nitrogen and oxygen atoms in total. The molecule has 3 aliphatic rings. The van der Waals surface area contributed by atoms with Crippen LogP contribution in [0.2, 0.25) is 0 Å². The van der Waals surface area contributed by atoms with Crippen LogP contribution in [0, 0.1) is 5.82 Å². The van der Waals surface area contributed by atoms with E-state index in [1.165, 1.54) is 12.4 Å². The maximum atomic E-state index is 13.5. The van der Waals surface area contributed by atoms with Gasteiger partial charge in [-0.25, -0.2) is 24.3 Å². The fourth-order valence-corrected chi connectivity index (χ4v) is 7.51. The third kappa shape index (κ3) is 5.05. The zero-order chi connectivity index (χ0) is 31.5. The number of aromatic amines is 1. The average molecular weight is 627 g/mol. The predicted molar refractivity (Wildman–Crippen MR) is 175 cm³/mol. The van der Waals surface area contributed by atoms with Crippen molar-refractivity contribution in [2.24, 2.45) is 0 Å². The van der Waals surface area contributed by atoms with Gasteiger partial charge in [0.05, 0.1) is 36.0 Å². The number of nitrogens with zero attached hydrogens (tertiary/aromatic N) is 9. The summed E-state index contributed by atoms with van der Waals surface area (Å²) in [7, 11) is 0. The molecule has 3 aliphatic heterocycles. The number of carbonyl (C=O) groups excluding carboxylic acids is 1. The van der Waals surface area contributed by atoms with Crippen LogP contribution in [0.15, 0.2) is 79.5 Å². The molecule has 0 spiro atoms. The van der Waals surface area contributed by atoms with Crippen LogP contribution in [0.3, 0.4) is 0 Å². The highest BCUT2D eigenvalue weighted by atomic mass is 19.1. The third-order valence-electron chi connectivity index (χ3n) is 9.87. The summed E-state index contributed by atoms with van der Waals surface area (Å²) >= 11 is 0. The predicted octanol–water partition coefficient (Wildman–Crippen LogP) is 4.44. The molecule has 9 rings (SSSR count). The van der Waals surface area contributed by atoms with E-state index in [4.69, 9.17) is 9.97 Å². The summed E-state index contributed by atoms with van der Waals surface area (Å²) in [5, 5.41) is 9.67. The molecule has 6 aromatic rings. The van der Waals surface area contributed by atoms with E-state index >= 15 is 0 Å².